The van der Waals surface area contributed by atoms with Crippen molar-refractivity contribution in [3.63, 3.8) is 0 Å². The Balaban J connectivity index is 1.49. The van der Waals surface area contributed by atoms with Crippen LogP contribution >= 0.6 is 27.5 Å². The quantitative estimate of drug-likeness (QED) is 0.770. The first-order chi connectivity index (χ1) is 12.0. The minimum absolute atomic E-state index is 0.00945. The Bertz CT molecular complexity index is 635. The van der Waals surface area contributed by atoms with Crippen LogP contribution in [0.4, 0.5) is 0 Å². The van der Waals surface area contributed by atoms with Crippen LogP contribution in [0.2, 0.25) is 5.02 Å². The van der Waals surface area contributed by atoms with E-state index in [0.29, 0.717) is 41.6 Å². The summed E-state index contributed by atoms with van der Waals surface area (Å²) in [4.78, 5) is 26.7. The second-order valence-corrected chi connectivity index (χ2v) is 8.40. The highest BCUT2D eigenvalue weighted by molar-refractivity contribution is 9.10. The van der Waals surface area contributed by atoms with E-state index < -0.39 is 0 Å². The summed E-state index contributed by atoms with van der Waals surface area (Å²) in [5.41, 5.74) is 0.229. The van der Waals surface area contributed by atoms with Gasteiger partial charge >= 0.3 is 0 Å². The van der Waals surface area contributed by atoms with Crippen molar-refractivity contribution in [2.75, 3.05) is 13.1 Å². The van der Waals surface area contributed by atoms with Crippen molar-refractivity contribution in [3.8, 4) is 0 Å². The number of H-pyrrole nitrogens is 1. The molecule has 0 radical (unpaired) electrons. The van der Waals surface area contributed by atoms with E-state index in [0.717, 1.165) is 18.8 Å². The third kappa shape index (κ3) is 4.37. The zero-order valence-electron chi connectivity index (χ0n) is 14.4. The monoisotopic (exact) mass is 430 g/mol. The van der Waals surface area contributed by atoms with Crippen molar-refractivity contribution in [2.24, 2.45) is 11.8 Å². The molecule has 2 aliphatic rings. The van der Waals surface area contributed by atoms with Crippen LogP contribution in [0.15, 0.2) is 4.60 Å². The predicted molar refractivity (Wildman–Crippen MR) is 99.5 cm³/mol. The molecule has 6 nitrogen and oxygen atoms in total. The molecule has 2 amide bonds. The minimum atomic E-state index is -0.188. The zero-order valence-corrected chi connectivity index (χ0v) is 16.7. The third-order valence-electron chi connectivity index (χ3n) is 5.38. The van der Waals surface area contributed by atoms with Gasteiger partial charge in [-0.1, -0.05) is 18.5 Å². The Labute approximate surface area is 161 Å². The number of aromatic amines is 1. The van der Waals surface area contributed by atoms with Gasteiger partial charge in [-0.3, -0.25) is 14.7 Å². The number of nitrogens with one attached hydrogen (secondary N) is 2. The van der Waals surface area contributed by atoms with Crippen LogP contribution in [0.25, 0.3) is 0 Å². The molecular weight excluding hydrogens is 408 g/mol. The van der Waals surface area contributed by atoms with E-state index in [2.05, 4.69) is 38.4 Å². The normalized spacial score (nSPS) is 25.0. The first-order valence-electron chi connectivity index (χ1n) is 8.94. The maximum atomic E-state index is 12.5. The van der Waals surface area contributed by atoms with E-state index in [1.807, 2.05) is 0 Å². The number of carbonyl (C=O) groups is 2. The Kier molecular flexibility index (Phi) is 6.04. The standard InChI is InChI=1S/C17H24BrClN4O2/c1-10-2-4-12(5-3-10)20-16(24)11-6-8-23(9-7-11)17(25)14-13(19)15(18)22-21-14/h10-12H,2-9H2,1H3,(H,20,24)(H,21,22). The Morgan fingerprint density at radius 1 is 1.20 bits per heavy atom. The summed E-state index contributed by atoms with van der Waals surface area (Å²) in [6.45, 7) is 3.38. The van der Waals surface area contributed by atoms with Crippen molar-refractivity contribution >= 4 is 39.3 Å². The summed E-state index contributed by atoms with van der Waals surface area (Å²) in [5.74, 6) is 0.723. The molecule has 138 valence electrons. The van der Waals surface area contributed by atoms with Gasteiger partial charge < -0.3 is 10.2 Å². The van der Waals surface area contributed by atoms with E-state index >= 15 is 0 Å². The summed E-state index contributed by atoms with van der Waals surface area (Å²) < 4.78 is 0.508. The van der Waals surface area contributed by atoms with Crippen LogP contribution in [-0.4, -0.2) is 46.0 Å². The van der Waals surface area contributed by atoms with Crippen LogP contribution < -0.4 is 5.32 Å². The lowest BCUT2D eigenvalue weighted by Gasteiger charge is -2.33. The molecule has 0 aromatic carbocycles. The van der Waals surface area contributed by atoms with E-state index in [-0.39, 0.29) is 23.4 Å². The number of piperidine rings is 1. The largest absolute Gasteiger partial charge is 0.353 e. The first-order valence-corrected chi connectivity index (χ1v) is 10.1. The first kappa shape index (κ1) is 18.7. The van der Waals surface area contributed by atoms with E-state index in [1.54, 1.807) is 4.90 Å². The molecule has 1 aromatic heterocycles. The SMILES string of the molecule is CC1CCC(NC(=O)C2CCN(C(=O)c3n[nH]c(Br)c3Cl)CC2)CC1. The summed E-state index contributed by atoms with van der Waals surface area (Å²) in [5, 5.41) is 10.1. The second-order valence-electron chi connectivity index (χ2n) is 7.23. The van der Waals surface area contributed by atoms with E-state index in [1.165, 1.54) is 12.8 Å². The van der Waals surface area contributed by atoms with Crippen molar-refractivity contribution in [1.29, 1.82) is 0 Å². The Hall–Kier alpha value is -1.08. The summed E-state index contributed by atoms with van der Waals surface area (Å²) >= 11 is 9.28. The molecule has 25 heavy (non-hydrogen) atoms. The summed E-state index contributed by atoms with van der Waals surface area (Å²) in [6, 6.07) is 0.323. The average molecular weight is 432 g/mol. The average Bonchev–Trinajstić information content (AvgIpc) is 2.95. The highest BCUT2D eigenvalue weighted by Crippen LogP contribution is 2.27. The fourth-order valence-corrected chi connectivity index (χ4v) is 4.11. The van der Waals surface area contributed by atoms with E-state index in [9.17, 15) is 9.59 Å². The van der Waals surface area contributed by atoms with Crippen LogP contribution in [0, 0.1) is 11.8 Å². The van der Waals surface area contributed by atoms with Crippen LogP contribution in [0.5, 0.6) is 0 Å². The highest BCUT2D eigenvalue weighted by atomic mass is 79.9. The summed E-state index contributed by atoms with van der Waals surface area (Å²) in [7, 11) is 0. The molecule has 0 unspecified atom stereocenters. The van der Waals surface area contributed by atoms with Crippen LogP contribution in [0.3, 0.4) is 0 Å². The van der Waals surface area contributed by atoms with Gasteiger partial charge in [-0.15, -0.1) is 0 Å². The fraction of sp³-hybridized carbons (Fsp3) is 0.706. The number of amides is 2. The topological polar surface area (TPSA) is 78.1 Å². The van der Waals surface area contributed by atoms with Crippen molar-refractivity contribution in [2.45, 2.75) is 51.5 Å². The molecule has 8 heteroatoms. The number of likely N-dealkylation sites (tertiary alicyclic amines) is 1. The molecule has 0 bridgehead atoms. The number of rotatable bonds is 3. The van der Waals surface area contributed by atoms with Gasteiger partial charge in [0.2, 0.25) is 5.91 Å². The van der Waals surface area contributed by atoms with Gasteiger partial charge in [0, 0.05) is 25.0 Å². The minimum Gasteiger partial charge on any atom is -0.353 e. The molecule has 1 aliphatic heterocycles. The van der Waals surface area contributed by atoms with Crippen molar-refractivity contribution in [3.05, 3.63) is 15.3 Å². The van der Waals surface area contributed by atoms with Gasteiger partial charge in [-0.2, -0.15) is 5.10 Å². The molecule has 1 aromatic rings. The van der Waals surface area contributed by atoms with Crippen molar-refractivity contribution < 1.29 is 9.59 Å². The Morgan fingerprint density at radius 2 is 1.84 bits per heavy atom. The molecule has 1 saturated carbocycles. The predicted octanol–water partition coefficient (Wildman–Crippen LogP) is 3.37. The summed E-state index contributed by atoms with van der Waals surface area (Å²) in [6.07, 6.45) is 5.91. The van der Waals surface area contributed by atoms with Gasteiger partial charge in [0.25, 0.3) is 5.91 Å². The lowest BCUT2D eigenvalue weighted by atomic mass is 9.86. The molecule has 0 atom stereocenters. The zero-order chi connectivity index (χ0) is 18.0. The van der Waals surface area contributed by atoms with E-state index in [4.69, 9.17) is 11.6 Å². The number of hydrogen-bond acceptors (Lipinski definition) is 3. The highest BCUT2D eigenvalue weighted by Gasteiger charge is 2.31. The van der Waals surface area contributed by atoms with Gasteiger partial charge in [0.15, 0.2) is 5.69 Å². The smallest absolute Gasteiger partial charge is 0.275 e. The molecule has 0 spiro atoms. The van der Waals surface area contributed by atoms with Gasteiger partial charge in [0.1, 0.15) is 9.63 Å². The van der Waals surface area contributed by atoms with Crippen LogP contribution in [0.1, 0.15) is 55.9 Å². The number of nitrogens with zero attached hydrogens (tertiary/aromatic N) is 2. The maximum Gasteiger partial charge on any atom is 0.275 e. The lowest BCUT2D eigenvalue weighted by Crippen LogP contribution is -2.46. The molecule has 1 aliphatic carbocycles. The second kappa shape index (κ2) is 8.08. The van der Waals surface area contributed by atoms with Gasteiger partial charge in [0.05, 0.1) is 0 Å². The maximum absolute atomic E-state index is 12.5. The number of carbonyl (C=O) groups excluding carboxylic acids is 2. The molecule has 2 N–H and O–H groups in total. The number of aromatic nitrogens is 2. The third-order valence-corrected chi connectivity index (χ3v) is 6.55. The molecule has 2 fully saturated rings. The Morgan fingerprint density at radius 3 is 2.40 bits per heavy atom. The van der Waals surface area contributed by atoms with Crippen molar-refractivity contribution in [1.82, 2.24) is 20.4 Å². The number of halogens is 2. The van der Waals surface area contributed by atoms with Gasteiger partial charge in [-0.25, -0.2) is 0 Å². The van der Waals surface area contributed by atoms with Crippen LogP contribution in [-0.2, 0) is 4.79 Å². The lowest BCUT2D eigenvalue weighted by molar-refractivity contribution is -0.127. The molecule has 2 heterocycles. The molecule has 3 rings (SSSR count). The molecule has 1 saturated heterocycles. The fourth-order valence-electron chi connectivity index (χ4n) is 3.67. The van der Waals surface area contributed by atoms with Gasteiger partial charge in [-0.05, 0) is 60.4 Å². The number of hydrogen-bond donors (Lipinski definition) is 2. The molecular formula is C17H24BrClN4O2.